The summed E-state index contributed by atoms with van der Waals surface area (Å²) in [6, 6.07) is 5.93. The lowest BCUT2D eigenvalue weighted by Crippen LogP contribution is -2.43. The third-order valence-corrected chi connectivity index (χ3v) is 6.13. The Morgan fingerprint density at radius 1 is 1.26 bits per heavy atom. The zero-order valence-corrected chi connectivity index (χ0v) is 17.3. The molecule has 1 saturated heterocycles. The average Bonchev–Trinajstić information content (AvgIpc) is 2.63. The van der Waals surface area contributed by atoms with Crippen LogP contribution in [0.3, 0.4) is 0 Å². The molecular weight excluding hydrogens is 366 g/mol. The minimum atomic E-state index is -3.36. The second-order valence-corrected chi connectivity index (χ2v) is 8.86. The van der Waals surface area contributed by atoms with Crippen molar-refractivity contribution in [3.05, 3.63) is 29.3 Å². The standard InChI is InChI=1S/C19H31N3O4S/c1-4-17-7-5-6-16(2)19(17)20-18(23)8-9-22(27(3,24)25)11-10-21-12-14-26-15-13-21/h5-7H,4,8-15H2,1-3H3,(H,20,23). The molecule has 0 bridgehead atoms. The number of morpholine rings is 1. The third kappa shape index (κ3) is 6.88. The highest BCUT2D eigenvalue weighted by Crippen LogP contribution is 2.21. The number of para-hydroxylation sites is 1. The Hall–Kier alpha value is -1.48. The molecule has 27 heavy (non-hydrogen) atoms. The lowest BCUT2D eigenvalue weighted by atomic mass is 10.1. The van der Waals surface area contributed by atoms with Crippen LogP contribution in [0.1, 0.15) is 24.5 Å². The summed E-state index contributed by atoms with van der Waals surface area (Å²) in [6.45, 7) is 8.20. The Morgan fingerprint density at radius 3 is 2.59 bits per heavy atom. The van der Waals surface area contributed by atoms with Crippen molar-refractivity contribution in [2.24, 2.45) is 0 Å². The quantitative estimate of drug-likeness (QED) is 0.683. The van der Waals surface area contributed by atoms with Gasteiger partial charge in [0.15, 0.2) is 0 Å². The molecule has 2 rings (SSSR count). The molecule has 0 aromatic heterocycles. The highest BCUT2D eigenvalue weighted by Gasteiger charge is 2.20. The molecule has 0 aliphatic carbocycles. The van der Waals surface area contributed by atoms with E-state index < -0.39 is 10.0 Å². The Morgan fingerprint density at radius 2 is 1.96 bits per heavy atom. The topological polar surface area (TPSA) is 79.0 Å². The van der Waals surface area contributed by atoms with Crippen molar-refractivity contribution in [1.29, 1.82) is 0 Å². The maximum Gasteiger partial charge on any atom is 0.225 e. The Balaban J connectivity index is 1.91. The van der Waals surface area contributed by atoms with E-state index in [1.54, 1.807) is 0 Å². The molecule has 1 aromatic rings. The number of benzene rings is 1. The van der Waals surface area contributed by atoms with Crippen molar-refractivity contribution in [2.45, 2.75) is 26.7 Å². The van der Waals surface area contributed by atoms with Crippen molar-refractivity contribution in [3.8, 4) is 0 Å². The molecule has 0 radical (unpaired) electrons. The van der Waals surface area contributed by atoms with Gasteiger partial charge in [-0.3, -0.25) is 9.69 Å². The normalized spacial score (nSPS) is 15.9. The molecule has 0 saturated carbocycles. The average molecular weight is 398 g/mol. The van der Waals surface area contributed by atoms with E-state index in [-0.39, 0.29) is 18.9 Å². The minimum Gasteiger partial charge on any atom is -0.379 e. The summed E-state index contributed by atoms with van der Waals surface area (Å²) >= 11 is 0. The lowest BCUT2D eigenvalue weighted by molar-refractivity contribution is -0.116. The highest BCUT2D eigenvalue weighted by molar-refractivity contribution is 7.88. The van der Waals surface area contributed by atoms with Gasteiger partial charge in [0, 0.05) is 44.8 Å². The molecule has 1 heterocycles. The van der Waals surface area contributed by atoms with Crippen LogP contribution in [0, 0.1) is 6.92 Å². The lowest BCUT2D eigenvalue weighted by Gasteiger charge is -2.29. The summed E-state index contributed by atoms with van der Waals surface area (Å²) in [5.74, 6) is -0.168. The molecule has 0 unspecified atom stereocenters. The molecule has 0 spiro atoms. The fraction of sp³-hybridized carbons (Fsp3) is 0.632. The highest BCUT2D eigenvalue weighted by atomic mass is 32.2. The van der Waals surface area contributed by atoms with E-state index >= 15 is 0 Å². The molecule has 1 aliphatic rings. The SMILES string of the molecule is CCc1cccc(C)c1NC(=O)CCN(CCN1CCOCC1)S(C)(=O)=O. The first kappa shape index (κ1) is 21.8. The fourth-order valence-electron chi connectivity index (χ4n) is 3.15. The number of ether oxygens (including phenoxy) is 1. The molecule has 1 aromatic carbocycles. The van der Waals surface area contributed by atoms with Gasteiger partial charge in [0.05, 0.1) is 19.5 Å². The van der Waals surface area contributed by atoms with Crippen molar-refractivity contribution in [3.63, 3.8) is 0 Å². The smallest absolute Gasteiger partial charge is 0.225 e. The van der Waals surface area contributed by atoms with Crippen LogP contribution >= 0.6 is 0 Å². The number of amides is 1. The maximum atomic E-state index is 12.4. The first-order valence-corrected chi connectivity index (χ1v) is 11.3. The van der Waals surface area contributed by atoms with Crippen LogP contribution in [0.5, 0.6) is 0 Å². The maximum absolute atomic E-state index is 12.4. The van der Waals surface area contributed by atoms with Gasteiger partial charge >= 0.3 is 0 Å². The number of anilines is 1. The van der Waals surface area contributed by atoms with Gasteiger partial charge in [0.1, 0.15) is 0 Å². The molecule has 1 N–H and O–H groups in total. The van der Waals surface area contributed by atoms with E-state index in [1.807, 2.05) is 32.0 Å². The number of nitrogens with one attached hydrogen (secondary N) is 1. The van der Waals surface area contributed by atoms with Crippen LogP contribution in [0.4, 0.5) is 5.69 Å². The molecule has 1 aliphatic heterocycles. The van der Waals surface area contributed by atoms with Gasteiger partial charge in [-0.1, -0.05) is 25.1 Å². The molecule has 7 nitrogen and oxygen atoms in total. The van der Waals surface area contributed by atoms with E-state index in [2.05, 4.69) is 10.2 Å². The van der Waals surface area contributed by atoms with Crippen LogP contribution in [-0.4, -0.2) is 75.7 Å². The Bertz CT molecular complexity index is 730. The number of hydrogen-bond donors (Lipinski definition) is 1. The molecule has 0 atom stereocenters. The summed E-state index contributed by atoms with van der Waals surface area (Å²) in [5.41, 5.74) is 2.93. The number of carbonyl (C=O) groups is 1. The van der Waals surface area contributed by atoms with Crippen molar-refractivity contribution < 1.29 is 17.9 Å². The second-order valence-electron chi connectivity index (χ2n) is 6.88. The summed E-state index contributed by atoms with van der Waals surface area (Å²) in [6.07, 6.45) is 2.15. The van der Waals surface area contributed by atoms with Gasteiger partial charge < -0.3 is 10.1 Å². The minimum absolute atomic E-state index is 0.133. The van der Waals surface area contributed by atoms with Gasteiger partial charge in [0.25, 0.3) is 0 Å². The van der Waals surface area contributed by atoms with Crippen molar-refractivity contribution in [2.75, 3.05) is 57.5 Å². The summed E-state index contributed by atoms with van der Waals surface area (Å²) in [4.78, 5) is 14.6. The number of carbonyl (C=O) groups excluding carboxylic acids is 1. The van der Waals surface area contributed by atoms with Crippen molar-refractivity contribution >= 4 is 21.6 Å². The summed E-state index contributed by atoms with van der Waals surface area (Å²) in [5, 5.41) is 2.95. The summed E-state index contributed by atoms with van der Waals surface area (Å²) in [7, 11) is -3.36. The predicted octanol–water partition coefficient (Wildman–Crippen LogP) is 1.48. The van der Waals surface area contributed by atoms with Crippen LogP contribution in [0.15, 0.2) is 18.2 Å². The van der Waals surface area contributed by atoms with E-state index in [1.165, 1.54) is 10.6 Å². The number of hydrogen-bond acceptors (Lipinski definition) is 5. The Kier molecular flexibility index (Phi) is 8.22. The first-order valence-electron chi connectivity index (χ1n) is 9.44. The molecule has 1 amide bonds. The van der Waals surface area contributed by atoms with Gasteiger partial charge in [-0.15, -0.1) is 0 Å². The number of rotatable bonds is 9. The van der Waals surface area contributed by atoms with E-state index in [0.29, 0.717) is 26.3 Å². The van der Waals surface area contributed by atoms with Gasteiger partial charge in [-0.25, -0.2) is 12.7 Å². The van der Waals surface area contributed by atoms with Crippen molar-refractivity contribution in [1.82, 2.24) is 9.21 Å². The zero-order chi connectivity index (χ0) is 19.9. The number of sulfonamides is 1. The van der Waals surface area contributed by atoms with Crippen LogP contribution in [0.25, 0.3) is 0 Å². The largest absolute Gasteiger partial charge is 0.379 e. The van der Waals surface area contributed by atoms with Gasteiger partial charge in [-0.2, -0.15) is 0 Å². The zero-order valence-electron chi connectivity index (χ0n) is 16.5. The first-order chi connectivity index (χ1) is 12.8. The summed E-state index contributed by atoms with van der Waals surface area (Å²) < 4.78 is 30.9. The molecule has 8 heteroatoms. The predicted molar refractivity (Wildman–Crippen MR) is 107 cm³/mol. The fourth-order valence-corrected chi connectivity index (χ4v) is 3.99. The van der Waals surface area contributed by atoms with Gasteiger partial charge in [0.2, 0.25) is 15.9 Å². The van der Waals surface area contributed by atoms with E-state index in [4.69, 9.17) is 4.74 Å². The Labute approximate surface area is 162 Å². The van der Waals surface area contributed by atoms with Crippen LogP contribution in [-0.2, 0) is 26.0 Å². The number of nitrogens with zero attached hydrogens (tertiary/aromatic N) is 2. The van der Waals surface area contributed by atoms with E-state index in [0.717, 1.165) is 36.3 Å². The molecular formula is C19H31N3O4S. The second kappa shape index (κ2) is 10.2. The molecule has 1 fully saturated rings. The number of aryl methyl sites for hydroxylation is 2. The van der Waals surface area contributed by atoms with Gasteiger partial charge in [-0.05, 0) is 24.5 Å². The monoisotopic (exact) mass is 397 g/mol. The van der Waals surface area contributed by atoms with E-state index in [9.17, 15) is 13.2 Å². The van der Waals surface area contributed by atoms with Crippen LogP contribution in [0.2, 0.25) is 0 Å². The molecule has 152 valence electrons. The van der Waals surface area contributed by atoms with Crippen LogP contribution < -0.4 is 5.32 Å². The third-order valence-electron chi connectivity index (χ3n) is 4.83.